The van der Waals surface area contributed by atoms with Gasteiger partial charge in [-0.25, -0.2) is 8.42 Å². The molecule has 2 atom stereocenters. The quantitative estimate of drug-likeness (QED) is 0.699. The molecule has 2 aliphatic heterocycles. The molecule has 2 unspecified atom stereocenters. The molecule has 0 aromatic heterocycles. The lowest BCUT2D eigenvalue weighted by atomic mass is 9.99. The Morgan fingerprint density at radius 2 is 2.06 bits per heavy atom. The van der Waals surface area contributed by atoms with Crippen LogP contribution in [0.15, 0.2) is 0 Å². The normalized spacial score (nSPS) is 32.7. The third kappa shape index (κ3) is 3.16. The number of morpholine rings is 1. The third-order valence-electron chi connectivity index (χ3n) is 3.45. The molecule has 0 radical (unpaired) electrons. The molecule has 16 heavy (non-hydrogen) atoms. The summed E-state index contributed by atoms with van der Waals surface area (Å²) in [6.45, 7) is 4.13. The molecular formula is C10H20N2O3S. The van der Waals surface area contributed by atoms with Crippen LogP contribution in [0.2, 0.25) is 0 Å². The number of hydrogen-bond acceptors (Lipinski definition) is 5. The van der Waals surface area contributed by atoms with Crippen molar-refractivity contribution in [1.82, 2.24) is 4.90 Å². The van der Waals surface area contributed by atoms with E-state index in [1.54, 1.807) is 0 Å². The average molecular weight is 248 g/mol. The van der Waals surface area contributed by atoms with Crippen molar-refractivity contribution in [2.75, 3.05) is 44.4 Å². The van der Waals surface area contributed by atoms with Crippen LogP contribution in [0.1, 0.15) is 6.42 Å². The Morgan fingerprint density at radius 1 is 1.38 bits per heavy atom. The molecule has 0 amide bonds. The first kappa shape index (κ1) is 12.3. The Bertz CT molecular complexity index is 325. The van der Waals surface area contributed by atoms with E-state index in [0.717, 1.165) is 39.3 Å². The summed E-state index contributed by atoms with van der Waals surface area (Å²) in [5.41, 5.74) is 6.08. The fraction of sp³-hybridized carbons (Fsp3) is 1.00. The lowest BCUT2D eigenvalue weighted by Gasteiger charge is -2.30. The maximum atomic E-state index is 11.3. The molecule has 6 heteroatoms. The molecule has 5 nitrogen and oxygen atoms in total. The van der Waals surface area contributed by atoms with Crippen LogP contribution >= 0.6 is 0 Å². The van der Waals surface area contributed by atoms with Gasteiger partial charge in [-0.3, -0.25) is 4.90 Å². The smallest absolute Gasteiger partial charge is 0.150 e. The predicted molar refractivity (Wildman–Crippen MR) is 62.0 cm³/mol. The van der Waals surface area contributed by atoms with Gasteiger partial charge in [0.05, 0.1) is 24.7 Å². The topological polar surface area (TPSA) is 72.6 Å². The van der Waals surface area contributed by atoms with Crippen molar-refractivity contribution < 1.29 is 13.2 Å². The molecule has 2 heterocycles. The zero-order valence-electron chi connectivity index (χ0n) is 9.47. The fourth-order valence-corrected chi connectivity index (χ4v) is 4.29. The largest absolute Gasteiger partial charge is 0.379 e. The van der Waals surface area contributed by atoms with Crippen molar-refractivity contribution in [3.05, 3.63) is 0 Å². The Balaban J connectivity index is 1.81. The standard InChI is InChI=1S/C10H20N2O3S/c11-10(7-12-2-4-15-5-3-12)9-1-6-16(13,14)8-9/h9-10H,1-8,11H2. The number of rotatable bonds is 3. The van der Waals surface area contributed by atoms with E-state index in [2.05, 4.69) is 4.90 Å². The molecule has 2 rings (SSSR count). The Labute approximate surface area is 96.9 Å². The van der Waals surface area contributed by atoms with Gasteiger partial charge in [0, 0.05) is 25.7 Å². The second-order valence-corrected chi connectivity index (χ2v) is 6.97. The van der Waals surface area contributed by atoms with Gasteiger partial charge >= 0.3 is 0 Å². The lowest BCUT2D eigenvalue weighted by molar-refractivity contribution is 0.0331. The van der Waals surface area contributed by atoms with Crippen LogP contribution in [0, 0.1) is 5.92 Å². The maximum Gasteiger partial charge on any atom is 0.150 e. The summed E-state index contributed by atoms with van der Waals surface area (Å²) in [4.78, 5) is 2.26. The highest BCUT2D eigenvalue weighted by molar-refractivity contribution is 7.91. The number of ether oxygens (including phenoxy) is 1. The van der Waals surface area contributed by atoms with Crippen LogP contribution in [0.4, 0.5) is 0 Å². The summed E-state index contributed by atoms with van der Waals surface area (Å²) < 4.78 is 28.0. The van der Waals surface area contributed by atoms with Crippen molar-refractivity contribution >= 4 is 9.84 Å². The first-order valence-corrected chi connectivity index (χ1v) is 7.65. The molecule has 0 aromatic carbocycles. The van der Waals surface area contributed by atoms with E-state index in [4.69, 9.17) is 10.5 Å². The molecule has 2 saturated heterocycles. The van der Waals surface area contributed by atoms with E-state index in [1.807, 2.05) is 0 Å². The minimum atomic E-state index is -2.80. The van der Waals surface area contributed by atoms with Crippen molar-refractivity contribution in [1.29, 1.82) is 0 Å². The molecule has 0 aliphatic carbocycles. The molecule has 2 aliphatic rings. The van der Waals surface area contributed by atoms with Crippen LogP contribution < -0.4 is 5.73 Å². The first-order chi connectivity index (χ1) is 7.57. The van der Waals surface area contributed by atoms with E-state index < -0.39 is 9.84 Å². The van der Waals surface area contributed by atoms with Crippen LogP contribution in [-0.4, -0.2) is 63.7 Å². The first-order valence-electron chi connectivity index (χ1n) is 5.83. The van der Waals surface area contributed by atoms with Crippen LogP contribution in [0.5, 0.6) is 0 Å². The van der Waals surface area contributed by atoms with Crippen molar-refractivity contribution in [3.63, 3.8) is 0 Å². The zero-order valence-corrected chi connectivity index (χ0v) is 10.3. The summed E-state index contributed by atoms with van der Waals surface area (Å²) >= 11 is 0. The number of nitrogens with zero attached hydrogens (tertiary/aromatic N) is 1. The van der Waals surface area contributed by atoms with E-state index in [9.17, 15) is 8.42 Å². The van der Waals surface area contributed by atoms with Gasteiger partial charge in [-0.15, -0.1) is 0 Å². The van der Waals surface area contributed by atoms with Gasteiger partial charge in [-0.1, -0.05) is 0 Å². The highest BCUT2D eigenvalue weighted by atomic mass is 32.2. The predicted octanol–water partition coefficient (Wildman–Crippen LogP) is -0.919. The van der Waals surface area contributed by atoms with Gasteiger partial charge in [0.2, 0.25) is 0 Å². The molecule has 0 spiro atoms. The molecule has 0 aromatic rings. The highest BCUT2D eigenvalue weighted by Gasteiger charge is 2.32. The van der Waals surface area contributed by atoms with Gasteiger partial charge in [-0.2, -0.15) is 0 Å². The number of sulfone groups is 1. The monoisotopic (exact) mass is 248 g/mol. The van der Waals surface area contributed by atoms with Gasteiger partial charge < -0.3 is 10.5 Å². The van der Waals surface area contributed by atoms with E-state index in [-0.39, 0.29) is 17.7 Å². The summed E-state index contributed by atoms with van der Waals surface area (Å²) in [7, 11) is -2.80. The van der Waals surface area contributed by atoms with E-state index in [0.29, 0.717) is 5.75 Å². The van der Waals surface area contributed by atoms with E-state index in [1.165, 1.54) is 0 Å². The molecule has 2 fully saturated rings. The Hall–Kier alpha value is -0.170. The minimum absolute atomic E-state index is 0.0182. The van der Waals surface area contributed by atoms with Gasteiger partial charge in [0.25, 0.3) is 0 Å². The highest BCUT2D eigenvalue weighted by Crippen LogP contribution is 2.21. The third-order valence-corrected chi connectivity index (χ3v) is 5.24. The van der Waals surface area contributed by atoms with Gasteiger partial charge in [-0.05, 0) is 12.3 Å². The summed E-state index contributed by atoms with van der Waals surface area (Å²) in [6, 6.07) is -0.0182. The SMILES string of the molecule is NC(CN1CCOCC1)C1CCS(=O)(=O)C1. The maximum absolute atomic E-state index is 11.3. The second kappa shape index (κ2) is 5.00. The van der Waals surface area contributed by atoms with Crippen LogP contribution in [-0.2, 0) is 14.6 Å². The van der Waals surface area contributed by atoms with Gasteiger partial charge in [0.15, 0.2) is 9.84 Å². The Kier molecular flexibility index (Phi) is 3.84. The summed E-state index contributed by atoms with van der Waals surface area (Å²) in [5.74, 6) is 0.736. The molecule has 0 bridgehead atoms. The number of hydrogen-bond donors (Lipinski definition) is 1. The van der Waals surface area contributed by atoms with E-state index >= 15 is 0 Å². The summed E-state index contributed by atoms with van der Waals surface area (Å²) in [5, 5.41) is 0. The van der Waals surface area contributed by atoms with Crippen molar-refractivity contribution in [2.24, 2.45) is 11.7 Å². The van der Waals surface area contributed by atoms with Crippen molar-refractivity contribution in [3.8, 4) is 0 Å². The van der Waals surface area contributed by atoms with Crippen LogP contribution in [0.25, 0.3) is 0 Å². The fourth-order valence-electron chi connectivity index (χ4n) is 2.39. The lowest BCUT2D eigenvalue weighted by Crippen LogP contribution is -2.46. The van der Waals surface area contributed by atoms with Gasteiger partial charge in [0.1, 0.15) is 0 Å². The van der Waals surface area contributed by atoms with Crippen molar-refractivity contribution in [2.45, 2.75) is 12.5 Å². The van der Waals surface area contributed by atoms with Crippen LogP contribution in [0.3, 0.4) is 0 Å². The molecule has 2 N–H and O–H groups in total. The zero-order chi connectivity index (χ0) is 11.6. The molecule has 0 saturated carbocycles. The number of nitrogens with two attached hydrogens (primary N) is 1. The molecule has 94 valence electrons. The molecular weight excluding hydrogens is 228 g/mol. The Morgan fingerprint density at radius 3 is 2.62 bits per heavy atom. The summed E-state index contributed by atoms with van der Waals surface area (Å²) in [6.07, 6.45) is 0.730. The average Bonchev–Trinajstić information content (AvgIpc) is 2.60. The second-order valence-electron chi connectivity index (χ2n) is 4.74. The minimum Gasteiger partial charge on any atom is -0.379 e.